The molecule has 2 fully saturated rings. The molecule has 1 unspecified atom stereocenters. The minimum Gasteiger partial charge on any atom is -0.352 e. The first-order chi connectivity index (χ1) is 13.1. The number of hydrogen-bond acceptors (Lipinski definition) is 5. The lowest BCUT2D eigenvalue weighted by atomic mass is 10.1. The average molecular weight is 368 g/mol. The lowest BCUT2D eigenvalue weighted by molar-refractivity contribution is -0.132. The van der Waals surface area contributed by atoms with Crippen LogP contribution in [-0.2, 0) is 4.79 Å². The Bertz CT molecular complexity index is 844. The number of carbonyl (C=O) groups is 2. The Morgan fingerprint density at radius 2 is 1.93 bits per heavy atom. The van der Waals surface area contributed by atoms with Gasteiger partial charge in [0, 0.05) is 57.6 Å². The van der Waals surface area contributed by atoms with Gasteiger partial charge < -0.3 is 20.0 Å². The predicted molar refractivity (Wildman–Crippen MR) is 103 cm³/mol. The SMILES string of the molecule is CN1CC(NC(=O)N2CCN(c3ncnc4ccccc34)CC2)CCC1=O. The van der Waals surface area contributed by atoms with Crippen LogP contribution in [0.25, 0.3) is 10.9 Å². The zero-order valence-electron chi connectivity index (χ0n) is 15.5. The second-order valence-corrected chi connectivity index (χ2v) is 7.15. The van der Waals surface area contributed by atoms with Crippen LogP contribution in [-0.4, -0.2) is 77.5 Å². The van der Waals surface area contributed by atoms with Crippen molar-refractivity contribution in [3.8, 4) is 0 Å². The number of nitrogens with zero attached hydrogens (tertiary/aromatic N) is 5. The van der Waals surface area contributed by atoms with E-state index < -0.39 is 0 Å². The van der Waals surface area contributed by atoms with Crippen LogP contribution in [0.15, 0.2) is 30.6 Å². The molecule has 8 nitrogen and oxygen atoms in total. The van der Waals surface area contributed by atoms with E-state index in [1.54, 1.807) is 18.3 Å². The number of piperidine rings is 1. The number of aromatic nitrogens is 2. The molecule has 0 aliphatic carbocycles. The molecule has 1 aromatic heterocycles. The Balaban J connectivity index is 1.36. The van der Waals surface area contributed by atoms with Crippen LogP contribution in [0.5, 0.6) is 0 Å². The van der Waals surface area contributed by atoms with E-state index in [4.69, 9.17) is 0 Å². The number of piperazine rings is 1. The molecule has 0 bridgehead atoms. The van der Waals surface area contributed by atoms with Crippen molar-refractivity contribution in [3.05, 3.63) is 30.6 Å². The quantitative estimate of drug-likeness (QED) is 0.858. The number of anilines is 1. The zero-order chi connectivity index (χ0) is 18.8. The van der Waals surface area contributed by atoms with Gasteiger partial charge in [0.05, 0.1) is 5.52 Å². The standard InChI is InChI=1S/C19H24N6O2/c1-23-12-14(6-7-17(23)26)22-19(27)25-10-8-24(9-11-25)18-15-4-2-3-5-16(15)20-13-21-18/h2-5,13-14H,6-12H2,1H3,(H,22,27). The van der Waals surface area contributed by atoms with Crippen LogP contribution in [0.1, 0.15) is 12.8 Å². The maximum atomic E-state index is 12.6. The fourth-order valence-corrected chi connectivity index (χ4v) is 3.76. The predicted octanol–water partition coefficient (Wildman–Crippen LogP) is 1.08. The number of fused-ring (bicyclic) bond motifs is 1. The molecule has 3 heterocycles. The molecular formula is C19H24N6O2. The second-order valence-electron chi connectivity index (χ2n) is 7.15. The molecule has 2 aliphatic rings. The van der Waals surface area contributed by atoms with Crippen molar-refractivity contribution >= 4 is 28.7 Å². The van der Waals surface area contributed by atoms with E-state index in [1.165, 1.54) is 0 Å². The van der Waals surface area contributed by atoms with E-state index >= 15 is 0 Å². The third-order valence-corrected chi connectivity index (χ3v) is 5.34. The average Bonchev–Trinajstić information content (AvgIpc) is 2.70. The van der Waals surface area contributed by atoms with E-state index in [2.05, 4.69) is 20.2 Å². The Morgan fingerprint density at radius 1 is 1.15 bits per heavy atom. The number of nitrogens with one attached hydrogen (secondary N) is 1. The lowest BCUT2D eigenvalue weighted by Crippen LogP contribution is -2.56. The molecular weight excluding hydrogens is 344 g/mol. The first kappa shape index (κ1) is 17.5. The Hall–Kier alpha value is -2.90. The maximum absolute atomic E-state index is 12.6. The van der Waals surface area contributed by atoms with Gasteiger partial charge in [-0.05, 0) is 18.6 Å². The Labute approximate surface area is 158 Å². The molecule has 2 aromatic rings. The van der Waals surface area contributed by atoms with Crippen molar-refractivity contribution in [2.75, 3.05) is 44.7 Å². The van der Waals surface area contributed by atoms with Crippen molar-refractivity contribution in [2.24, 2.45) is 0 Å². The van der Waals surface area contributed by atoms with E-state index in [1.807, 2.05) is 29.2 Å². The number of urea groups is 1. The highest BCUT2D eigenvalue weighted by molar-refractivity contribution is 5.89. The van der Waals surface area contributed by atoms with Gasteiger partial charge >= 0.3 is 6.03 Å². The summed E-state index contributed by atoms with van der Waals surface area (Å²) in [5, 5.41) is 4.11. The fraction of sp³-hybridized carbons (Fsp3) is 0.474. The highest BCUT2D eigenvalue weighted by Gasteiger charge is 2.28. The van der Waals surface area contributed by atoms with Gasteiger partial charge in [0.2, 0.25) is 5.91 Å². The molecule has 2 aliphatic heterocycles. The molecule has 2 saturated heterocycles. The largest absolute Gasteiger partial charge is 0.352 e. The summed E-state index contributed by atoms with van der Waals surface area (Å²) in [6.45, 7) is 3.34. The summed E-state index contributed by atoms with van der Waals surface area (Å²) in [6, 6.07) is 7.96. The maximum Gasteiger partial charge on any atom is 0.317 e. The zero-order valence-corrected chi connectivity index (χ0v) is 15.5. The third kappa shape index (κ3) is 3.65. The van der Waals surface area contributed by atoms with Crippen molar-refractivity contribution in [2.45, 2.75) is 18.9 Å². The van der Waals surface area contributed by atoms with Crippen molar-refractivity contribution in [1.29, 1.82) is 0 Å². The van der Waals surface area contributed by atoms with E-state index in [9.17, 15) is 9.59 Å². The molecule has 4 rings (SSSR count). The van der Waals surface area contributed by atoms with E-state index in [0.29, 0.717) is 32.5 Å². The molecule has 0 saturated carbocycles. The summed E-state index contributed by atoms with van der Waals surface area (Å²) < 4.78 is 0. The minimum absolute atomic E-state index is 0.0315. The number of carbonyl (C=O) groups excluding carboxylic acids is 2. The van der Waals surface area contributed by atoms with Crippen LogP contribution in [0, 0.1) is 0 Å². The number of para-hydroxylation sites is 1. The van der Waals surface area contributed by atoms with Crippen molar-refractivity contribution < 1.29 is 9.59 Å². The van der Waals surface area contributed by atoms with Gasteiger partial charge in [0.15, 0.2) is 0 Å². The van der Waals surface area contributed by atoms with Crippen molar-refractivity contribution in [3.63, 3.8) is 0 Å². The Morgan fingerprint density at radius 3 is 2.70 bits per heavy atom. The monoisotopic (exact) mass is 368 g/mol. The van der Waals surface area contributed by atoms with Crippen LogP contribution in [0.4, 0.5) is 10.6 Å². The summed E-state index contributed by atoms with van der Waals surface area (Å²) in [5.41, 5.74) is 0.929. The fourth-order valence-electron chi connectivity index (χ4n) is 3.76. The first-order valence-electron chi connectivity index (χ1n) is 9.36. The normalized spacial score (nSPS) is 20.9. The van der Waals surface area contributed by atoms with Crippen molar-refractivity contribution in [1.82, 2.24) is 25.1 Å². The smallest absolute Gasteiger partial charge is 0.317 e. The summed E-state index contributed by atoms with van der Waals surface area (Å²) in [5.74, 6) is 1.07. The third-order valence-electron chi connectivity index (χ3n) is 5.34. The van der Waals surface area contributed by atoms with E-state index in [-0.39, 0.29) is 18.0 Å². The van der Waals surface area contributed by atoms with Gasteiger partial charge in [-0.25, -0.2) is 14.8 Å². The van der Waals surface area contributed by atoms with Gasteiger partial charge in [-0.2, -0.15) is 0 Å². The van der Waals surface area contributed by atoms with Gasteiger partial charge in [-0.1, -0.05) is 12.1 Å². The molecule has 27 heavy (non-hydrogen) atoms. The highest BCUT2D eigenvalue weighted by atomic mass is 16.2. The van der Waals surface area contributed by atoms with Gasteiger partial charge in [-0.3, -0.25) is 4.79 Å². The topological polar surface area (TPSA) is 81.7 Å². The van der Waals surface area contributed by atoms with E-state index in [0.717, 1.165) is 29.8 Å². The van der Waals surface area contributed by atoms with Crippen LogP contribution >= 0.6 is 0 Å². The number of likely N-dealkylation sites (tertiary alicyclic amines) is 1. The van der Waals surface area contributed by atoms with Crippen LogP contribution in [0.2, 0.25) is 0 Å². The van der Waals surface area contributed by atoms with Crippen LogP contribution in [0.3, 0.4) is 0 Å². The molecule has 1 N–H and O–H groups in total. The molecule has 1 atom stereocenters. The number of likely N-dealkylation sites (N-methyl/N-ethyl adjacent to an activating group) is 1. The molecule has 3 amide bonds. The summed E-state index contributed by atoms with van der Waals surface area (Å²) >= 11 is 0. The lowest BCUT2D eigenvalue weighted by Gasteiger charge is -2.37. The van der Waals surface area contributed by atoms with Gasteiger partial charge in [-0.15, -0.1) is 0 Å². The summed E-state index contributed by atoms with van der Waals surface area (Å²) in [4.78, 5) is 38.7. The number of rotatable bonds is 2. The van der Waals surface area contributed by atoms with Gasteiger partial charge in [0.1, 0.15) is 12.1 Å². The number of hydrogen-bond donors (Lipinski definition) is 1. The number of benzene rings is 1. The summed E-state index contributed by atoms with van der Waals surface area (Å²) in [6.07, 6.45) is 2.80. The minimum atomic E-state index is -0.0463. The molecule has 1 aromatic carbocycles. The van der Waals surface area contributed by atoms with Gasteiger partial charge in [0.25, 0.3) is 0 Å². The number of amides is 3. The molecule has 142 valence electrons. The molecule has 0 radical (unpaired) electrons. The van der Waals surface area contributed by atoms with Crippen LogP contribution < -0.4 is 10.2 Å². The molecule has 0 spiro atoms. The summed E-state index contributed by atoms with van der Waals surface area (Å²) in [7, 11) is 1.78. The first-order valence-corrected chi connectivity index (χ1v) is 9.36. The Kier molecular flexibility index (Phi) is 4.79. The second kappa shape index (κ2) is 7.38. The molecule has 8 heteroatoms. The highest BCUT2D eigenvalue weighted by Crippen LogP contribution is 2.23.